The van der Waals surface area contributed by atoms with Crippen molar-refractivity contribution >= 4 is 40.4 Å². The largest absolute Gasteiger partial charge is 0.486 e. The number of nitrogens with two attached hydrogens (primary N) is 1. The molecule has 0 radical (unpaired) electrons. The lowest BCUT2D eigenvalue weighted by molar-refractivity contribution is -0.0266. The van der Waals surface area contributed by atoms with Crippen molar-refractivity contribution in [3.63, 3.8) is 0 Å². The van der Waals surface area contributed by atoms with E-state index in [4.69, 9.17) is 43.8 Å². The summed E-state index contributed by atoms with van der Waals surface area (Å²) >= 11 is 12.6. The Kier molecular flexibility index (Phi) is 7.27. The van der Waals surface area contributed by atoms with Crippen molar-refractivity contribution in [2.45, 2.75) is 25.5 Å². The van der Waals surface area contributed by atoms with E-state index in [1.165, 1.54) is 12.4 Å². The first-order chi connectivity index (χ1) is 17.7. The number of anilines is 2. The molecule has 8 nitrogen and oxygen atoms in total. The molecule has 0 saturated carbocycles. The van der Waals surface area contributed by atoms with Gasteiger partial charge in [-0.25, -0.2) is 4.98 Å². The molecule has 1 atom stereocenters. The number of nitrogen functional groups attached to an aromatic ring is 1. The van der Waals surface area contributed by atoms with Crippen LogP contribution in [-0.2, 0) is 4.74 Å². The zero-order valence-electron chi connectivity index (χ0n) is 20.9. The van der Waals surface area contributed by atoms with Gasteiger partial charge in [0, 0.05) is 67.1 Å². The Hall–Kier alpha value is -2.91. The number of rotatable bonds is 7. The van der Waals surface area contributed by atoms with E-state index in [0.717, 1.165) is 45.2 Å². The third-order valence-corrected chi connectivity index (χ3v) is 7.70. The Morgan fingerprint density at radius 2 is 1.81 bits per heavy atom. The predicted molar refractivity (Wildman–Crippen MR) is 147 cm³/mol. The number of morpholine rings is 1. The second-order valence-electron chi connectivity index (χ2n) is 9.76. The highest BCUT2D eigenvalue weighted by atomic mass is 35.5. The summed E-state index contributed by atoms with van der Waals surface area (Å²) in [5, 5.41) is 9.66. The molecule has 3 aromatic rings. The summed E-state index contributed by atoms with van der Waals surface area (Å²) in [6.45, 7) is 9.54. The lowest BCUT2D eigenvalue weighted by Crippen LogP contribution is -2.70. The van der Waals surface area contributed by atoms with Crippen LogP contribution in [0.4, 0.5) is 11.5 Å². The Bertz CT molecular complexity index is 1270. The van der Waals surface area contributed by atoms with Crippen molar-refractivity contribution in [2.75, 3.05) is 50.0 Å². The summed E-state index contributed by atoms with van der Waals surface area (Å²) in [7, 11) is 0. The summed E-state index contributed by atoms with van der Waals surface area (Å²) in [5.41, 5.74) is 9.04. The molecule has 0 aliphatic carbocycles. The normalized spacial score (nSPS) is 18.2. The summed E-state index contributed by atoms with van der Waals surface area (Å²) < 4.78 is 11.6. The topological polar surface area (TPSA) is 101 Å². The molecule has 0 unspecified atom stereocenters. The summed E-state index contributed by atoms with van der Waals surface area (Å²) in [4.78, 5) is 13.4. The average Bonchev–Trinajstić information content (AvgIpc) is 2.88. The van der Waals surface area contributed by atoms with E-state index >= 15 is 0 Å². The van der Waals surface area contributed by atoms with Crippen molar-refractivity contribution in [1.82, 2.24) is 14.9 Å². The maximum atomic E-state index is 8.80. The number of halogens is 2. The van der Waals surface area contributed by atoms with Gasteiger partial charge in [-0.2, -0.15) is 0 Å². The number of hydrogen-bond donors (Lipinski definition) is 2. The van der Waals surface area contributed by atoms with Crippen LogP contribution in [0.5, 0.6) is 5.75 Å². The van der Waals surface area contributed by atoms with Crippen LogP contribution in [0.2, 0.25) is 10.0 Å². The van der Waals surface area contributed by atoms with Crippen LogP contribution < -0.4 is 15.4 Å². The van der Waals surface area contributed by atoms with Crippen molar-refractivity contribution < 1.29 is 9.47 Å². The molecule has 37 heavy (non-hydrogen) atoms. The number of benzene rings is 1. The quantitative estimate of drug-likeness (QED) is 0.326. The number of hydrogen-bond acceptors (Lipinski definition) is 8. The van der Waals surface area contributed by atoms with E-state index in [0.29, 0.717) is 38.2 Å². The van der Waals surface area contributed by atoms with E-state index in [1.54, 1.807) is 24.4 Å². The van der Waals surface area contributed by atoms with Crippen LogP contribution in [0.1, 0.15) is 36.6 Å². The highest BCUT2D eigenvalue weighted by Crippen LogP contribution is 2.34. The maximum Gasteiger partial charge on any atom is 0.128 e. The fourth-order valence-electron chi connectivity index (χ4n) is 5.02. The molecule has 194 valence electrons. The van der Waals surface area contributed by atoms with E-state index in [-0.39, 0.29) is 11.3 Å². The van der Waals surface area contributed by atoms with Crippen LogP contribution in [-0.4, -0.2) is 65.5 Å². The van der Waals surface area contributed by atoms with Gasteiger partial charge in [0.2, 0.25) is 0 Å². The minimum absolute atomic E-state index is 0.146. The second kappa shape index (κ2) is 10.5. The minimum Gasteiger partial charge on any atom is -0.486 e. The number of nitrogens with zero attached hydrogens (tertiary/aromatic N) is 4. The third kappa shape index (κ3) is 5.25. The van der Waals surface area contributed by atoms with Gasteiger partial charge >= 0.3 is 0 Å². The molecule has 1 aromatic carbocycles. The number of pyridine rings is 2. The standard InChI is InChI=1S/C27H30Cl2N6O2/c1-17(25-21(28)13-32-14-22(25)29)37-19-4-5-23(30)20(11-19)26(31)18-3-6-24(33-12-18)34-15-27(2,16-34)35-7-9-36-10-8-35/h3-6,11-14,17,31H,7-10,15-16,30H2,1-2H3/t17-/m1/s1. The van der Waals surface area contributed by atoms with Gasteiger partial charge in [-0.3, -0.25) is 15.3 Å². The minimum atomic E-state index is -0.422. The van der Waals surface area contributed by atoms with Crippen molar-refractivity contribution in [2.24, 2.45) is 0 Å². The fraction of sp³-hybridized carbons (Fsp3) is 0.370. The van der Waals surface area contributed by atoms with Gasteiger partial charge < -0.3 is 20.1 Å². The van der Waals surface area contributed by atoms with Crippen LogP contribution in [0.15, 0.2) is 48.9 Å². The predicted octanol–water partition coefficient (Wildman–Crippen LogP) is 4.83. The first-order valence-electron chi connectivity index (χ1n) is 12.2. The number of ether oxygens (including phenoxy) is 2. The average molecular weight is 541 g/mol. The van der Waals surface area contributed by atoms with Crippen LogP contribution in [0.3, 0.4) is 0 Å². The maximum absolute atomic E-state index is 8.80. The van der Waals surface area contributed by atoms with Crippen molar-refractivity contribution in [1.29, 1.82) is 5.41 Å². The monoisotopic (exact) mass is 540 g/mol. The molecule has 0 amide bonds. The number of aromatic nitrogens is 2. The summed E-state index contributed by atoms with van der Waals surface area (Å²) in [5.74, 6) is 1.46. The van der Waals surface area contributed by atoms with Gasteiger partial charge in [0.25, 0.3) is 0 Å². The zero-order chi connectivity index (χ0) is 26.2. The van der Waals surface area contributed by atoms with Crippen molar-refractivity contribution in [3.8, 4) is 5.75 Å². The Balaban J connectivity index is 1.27. The lowest BCUT2D eigenvalue weighted by atomic mass is 9.89. The van der Waals surface area contributed by atoms with E-state index < -0.39 is 6.10 Å². The molecule has 2 aliphatic rings. The molecule has 10 heteroatoms. The highest BCUT2D eigenvalue weighted by molar-refractivity contribution is 6.35. The molecular formula is C27H30Cl2N6O2. The molecule has 2 aliphatic heterocycles. The summed E-state index contributed by atoms with van der Waals surface area (Å²) in [6.07, 6.45) is 4.38. The molecule has 4 heterocycles. The molecule has 0 spiro atoms. The summed E-state index contributed by atoms with van der Waals surface area (Å²) in [6, 6.07) is 9.14. The van der Waals surface area contributed by atoms with Crippen LogP contribution in [0.25, 0.3) is 0 Å². The Morgan fingerprint density at radius 1 is 1.11 bits per heavy atom. The van der Waals surface area contributed by atoms with Crippen molar-refractivity contribution in [3.05, 3.63) is 75.7 Å². The van der Waals surface area contributed by atoms with E-state index in [9.17, 15) is 0 Å². The molecule has 3 N–H and O–H groups in total. The molecule has 2 aromatic heterocycles. The third-order valence-electron chi connectivity index (χ3n) is 7.10. The first-order valence-corrected chi connectivity index (χ1v) is 13.0. The molecular weight excluding hydrogens is 511 g/mol. The van der Waals surface area contributed by atoms with Gasteiger partial charge in [-0.05, 0) is 44.2 Å². The van der Waals surface area contributed by atoms with Gasteiger partial charge in [-0.15, -0.1) is 0 Å². The zero-order valence-corrected chi connectivity index (χ0v) is 22.4. The van der Waals surface area contributed by atoms with Crippen LogP contribution in [0, 0.1) is 5.41 Å². The van der Waals surface area contributed by atoms with Gasteiger partial charge in [-0.1, -0.05) is 23.2 Å². The van der Waals surface area contributed by atoms with Gasteiger partial charge in [0.15, 0.2) is 0 Å². The molecule has 5 rings (SSSR count). The van der Waals surface area contributed by atoms with Crippen LogP contribution >= 0.6 is 23.2 Å². The second-order valence-corrected chi connectivity index (χ2v) is 10.6. The number of nitrogens with one attached hydrogen (secondary N) is 1. The fourth-order valence-corrected chi connectivity index (χ4v) is 5.69. The van der Waals surface area contributed by atoms with Gasteiger partial charge in [0.05, 0.1) is 34.5 Å². The van der Waals surface area contributed by atoms with E-state index in [2.05, 4.69) is 26.7 Å². The Labute approximate surface area is 226 Å². The molecule has 0 bridgehead atoms. The highest BCUT2D eigenvalue weighted by Gasteiger charge is 2.44. The van der Waals surface area contributed by atoms with E-state index in [1.807, 2.05) is 19.1 Å². The Morgan fingerprint density at radius 3 is 2.46 bits per heavy atom. The first kappa shape index (κ1) is 25.7. The smallest absolute Gasteiger partial charge is 0.128 e. The van der Waals surface area contributed by atoms with Gasteiger partial charge in [0.1, 0.15) is 17.7 Å². The lowest BCUT2D eigenvalue weighted by Gasteiger charge is -2.55. The molecule has 2 saturated heterocycles. The molecule has 2 fully saturated rings. The SMILES string of the molecule is C[C@@H](Oc1ccc(N)c(C(=N)c2ccc(N3CC(C)(N4CCOCC4)C3)nc2)c1)c1c(Cl)cncc1Cl.